The first-order chi connectivity index (χ1) is 12.8. The second-order valence-corrected chi connectivity index (χ2v) is 7.17. The summed E-state index contributed by atoms with van der Waals surface area (Å²) in [4.78, 5) is 28.5. The Morgan fingerprint density at radius 2 is 1.74 bits per heavy atom. The highest BCUT2D eigenvalue weighted by Gasteiger charge is 2.28. The minimum atomic E-state index is -1.08. The number of anilines is 1. The van der Waals surface area contributed by atoms with Crippen molar-refractivity contribution < 1.29 is 9.59 Å². The van der Waals surface area contributed by atoms with Crippen molar-refractivity contribution in [3.63, 3.8) is 0 Å². The monoisotopic (exact) mass is 364 g/mol. The van der Waals surface area contributed by atoms with Crippen LogP contribution in [0, 0.1) is 0 Å². The van der Waals surface area contributed by atoms with Gasteiger partial charge in [0, 0.05) is 29.2 Å². The summed E-state index contributed by atoms with van der Waals surface area (Å²) in [5, 5.41) is 6.67. The van der Waals surface area contributed by atoms with Gasteiger partial charge in [-0.25, -0.2) is 0 Å². The summed E-state index contributed by atoms with van der Waals surface area (Å²) < 4.78 is 0. The largest absolute Gasteiger partial charge is 0.361 e. The number of rotatable bonds is 6. The number of carbonyl (C=O) groups excluding carboxylic acids is 2. The van der Waals surface area contributed by atoms with E-state index in [1.54, 1.807) is 26.0 Å². The van der Waals surface area contributed by atoms with Crippen molar-refractivity contribution in [3.05, 3.63) is 66.4 Å². The van der Waals surface area contributed by atoms with Crippen LogP contribution in [0.2, 0.25) is 0 Å². The molecule has 0 saturated heterocycles. The van der Waals surface area contributed by atoms with E-state index in [0.29, 0.717) is 12.1 Å². The first-order valence-electron chi connectivity index (χ1n) is 8.85. The topological polar surface area (TPSA) is 100 Å². The highest BCUT2D eigenvalue weighted by atomic mass is 16.2. The highest BCUT2D eigenvalue weighted by Crippen LogP contribution is 2.20. The molecule has 1 aromatic heterocycles. The summed E-state index contributed by atoms with van der Waals surface area (Å²) in [6.07, 6.45) is 2.22. The summed E-state index contributed by atoms with van der Waals surface area (Å²) in [5.41, 5.74) is 7.43. The van der Waals surface area contributed by atoms with Gasteiger partial charge in [-0.1, -0.05) is 36.4 Å². The van der Waals surface area contributed by atoms with E-state index < -0.39 is 11.6 Å². The second-order valence-electron chi connectivity index (χ2n) is 7.17. The van der Waals surface area contributed by atoms with E-state index in [9.17, 15) is 9.59 Å². The van der Waals surface area contributed by atoms with Crippen LogP contribution >= 0.6 is 0 Å². The quantitative estimate of drug-likeness (QED) is 0.541. The molecule has 0 aliphatic heterocycles. The van der Waals surface area contributed by atoms with Crippen LogP contribution in [0.3, 0.4) is 0 Å². The molecule has 27 heavy (non-hydrogen) atoms. The summed E-state index contributed by atoms with van der Waals surface area (Å²) in [6, 6.07) is 16.3. The third kappa shape index (κ3) is 4.54. The molecule has 0 aliphatic rings. The van der Waals surface area contributed by atoms with E-state index in [4.69, 9.17) is 5.73 Å². The molecule has 5 N–H and O–H groups in total. The highest BCUT2D eigenvalue weighted by molar-refractivity contribution is 5.99. The number of benzene rings is 2. The third-order valence-corrected chi connectivity index (χ3v) is 4.35. The maximum absolute atomic E-state index is 12.9. The van der Waals surface area contributed by atoms with Gasteiger partial charge >= 0.3 is 0 Å². The zero-order chi connectivity index (χ0) is 19.4. The molecular weight excluding hydrogens is 340 g/mol. The van der Waals surface area contributed by atoms with Gasteiger partial charge in [-0.3, -0.25) is 9.59 Å². The number of nitrogens with two attached hydrogens (primary N) is 1. The Morgan fingerprint density at radius 3 is 2.44 bits per heavy atom. The molecular formula is C21H24N4O2. The molecule has 2 amide bonds. The van der Waals surface area contributed by atoms with E-state index in [1.165, 1.54) is 0 Å². The van der Waals surface area contributed by atoms with Crippen LogP contribution in [0.15, 0.2) is 60.8 Å². The van der Waals surface area contributed by atoms with E-state index in [2.05, 4.69) is 15.6 Å². The second kappa shape index (κ2) is 7.63. The Hall–Kier alpha value is -3.12. The smallest absolute Gasteiger partial charge is 0.247 e. The lowest BCUT2D eigenvalue weighted by Crippen LogP contribution is -2.55. The Bertz CT molecular complexity index is 941. The fraction of sp³-hybridized carbons (Fsp3) is 0.238. The number of nitrogens with one attached hydrogen (secondary N) is 3. The molecule has 0 unspecified atom stereocenters. The number of H-pyrrole nitrogens is 1. The molecule has 0 spiro atoms. The molecule has 3 rings (SSSR count). The molecule has 0 saturated carbocycles. The van der Waals surface area contributed by atoms with Gasteiger partial charge < -0.3 is 21.4 Å². The molecule has 0 fully saturated rings. The van der Waals surface area contributed by atoms with Crippen molar-refractivity contribution >= 4 is 28.4 Å². The molecule has 1 atom stereocenters. The van der Waals surface area contributed by atoms with E-state index in [0.717, 1.165) is 16.5 Å². The average Bonchev–Trinajstić information content (AvgIpc) is 3.04. The maximum Gasteiger partial charge on any atom is 0.247 e. The standard InChI is InChI=1S/C21H24N4O2/c1-21(2,22)20(27)25-18(19(26)24-15-8-4-3-5-9-15)12-14-13-23-17-11-7-6-10-16(14)17/h3-11,13,18,23H,12,22H2,1-2H3,(H,24,26)(H,25,27)/t18-/m0/s1. The van der Waals surface area contributed by atoms with Gasteiger partial charge in [0.2, 0.25) is 11.8 Å². The van der Waals surface area contributed by atoms with Crippen LogP contribution in [0.5, 0.6) is 0 Å². The van der Waals surface area contributed by atoms with Crippen LogP contribution < -0.4 is 16.4 Å². The molecule has 2 aromatic carbocycles. The minimum absolute atomic E-state index is 0.288. The number of aromatic nitrogens is 1. The lowest BCUT2D eigenvalue weighted by atomic mass is 10.0. The molecule has 6 heteroatoms. The maximum atomic E-state index is 12.9. The Morgan fingerprint density at radius 1 is 1.07 bits per heavy atom. The zero-order valence-corrected chi connectivity index (χ0v) is 15.5. The first kappa shape index (κ1) is 18.7. The van der Waals surface area contributed by atoms with Crippen molar-refractivity contribution in [2.75, 3.05) is 5.32 Å². The van der Waals surface area contributed by atoms with E-state index in [-0.39, 0.29) is 11.8 Å². The fourth-order valence-electron chi connectivity index (χ4n) is 2.82. The number of aromatic amines is 1. The average molecular weight is 364 g/mol. The SMILES string of the molecule is CC(C)(N)C(=O)N[C@@H](Cc1c[nH]c2ccccc12)C(=O)Nc1ccccc1. The van der Waals surface area contributed by atoms with Crippen LogP contribution in [0.1, 0.15) is 19.4 Å². The van der Waals surface area contributed by atoms with Crippen molar-refractivity contribution in [1.82, 2.24) is 10.3 Å². The van der Waals surface area contributed by atoms with Gasteiger partial charge in [0.15, 0.2) is 0 Å². The number of para-hydroxylation sites is 2. The van der Waals surface area contributed by atoms with Crippen molar-refractivity contribution in [3.8, 4) is 0 Å². The summed E-state index contributed by atoms with van der Waals surface area (Å²) >= 11 is 0. The Labute approximate surface area is 158 Å². The van der Waals surface area contributed by atoms with Crippen LogP contribution in [-0.4, -0.2) is 28.4 Å². The minimum Gasteiger partial charge on any atom is -0.361 e. The van der Waals surface area contributed by atoms with Gasteiger partial charge in [0.05, 0.1) is 5.54 Å². The molecule has 0 radical (unpaired) electrons. The predicted molar refractivity (Wildman–Crippen MR) is 107 cm³/mol. The van der Waals surface area contributed by atoms with Gasteiger partial charge in [-0.15, -0.1) is 0 Å². The zero-order valence-electron chi connectivity index (χ0n) is 15.5. The van der Waals surface area contributed by atoms with Gasteiger partial charge in [-0.05, 0) is 37.6 Å². The molecule has 0 bridgehead atoms. The van der Waals surface area contributed by atoms with E-state index >= 15 is 0 Å². The normalized spacial score (nSPS) is 12.6. The number of amides is 2. The van der Waals surface area contributed by atoms with Crippen LogP contribution in [-0.2, 0) is 16.0 Å². The van der Waals surface area contributed by atoms with Crippen LogP contribution in [0.4, 0.5) is 5.69 Å². The lowest BCUT2D eigenvalue weighted by molar-refractivity contribution is -0.129. The number of carbonyl (C=O) groups is 2. The van der Waals surface area contributed by atoms with E-state index in [1.807, 2.05) is 48.7 Å². The van der Waals surface area contributed by atoms with Crippen molar-refractivity contribution in [1.29, 1.82) is 0 Å². The molecule has 1 heterocycles. The molecule has 3 aromatic rings. The fourth-order valence-corrected chi connectivity index (χ4v) is 2.82. The third-order valence-electron chi connectivity index (χ3n) is 4.35. The lowest BCUT2D eigenvalue weighted by Gasteiger charge is -2.24. The van der Waals surface area contributed by atoms with Crippen molar-refractivity contribution in [2.24, 2.45) is 5.73 Å². The molecule has 140 valence electrons. The Balaban J connectivity index is 1.84. The van der Waals surface area contributed by atoms with Gasteiger partial charge in [-0.2, -0.15) is 0 Å². The number of hydrogen-bond donors (Lipinski definition) is 4. The first-order valence-corrected chi connectivity index (χ1v) is 8.85. The molecule has 6 nitrogen and oxygen atoms in total. The number of fused-ring (bicyclic) bond motifs is 1. The van der Waals surface area contributed by atoms with Gasteiger partial charge in [0.25, 0.3) is 0 Å². The summed E-state index contributed by atoms with van der Waals surface area (Å²) in [5.74, 6) is -0.667. The predicted octanol–water partition coefficient (Wildman–Crippen LogP) is 2.57. The van der Waals surface area contributed by atoms with Crippen LogP contribution in [0.25, 0.3) is 10.9 Å². The van der Waals surface area contributed by atoms with Crippen molar-refractivity contribution in [2.45, 2.75) is 31.8 Å². The summed E-state index contributed by atoms with van der Waals surface area (Å²) in [7, 11) is 0. The molecule has 0 aliphatic carbocycles. The summed E-state index contributed by atoms with van der Waals surface area (Å²) in [6.45, 7) is 3.22. The van der Waals surface area contributed by atoms with Gasteiger partial charge in [0.1, 0.15) is 6.04 Å². The number of hydrogen-bond acceptors (Lipinski definition) is 3. The Kier molecular flexibility index (Phi) is 5.28.